The summed E-state index contributed by atoms with van der Waals surface area (Å²) in [6.07, 6.45) is 0. The fraction of sp³-hybridized carbons (Fsp3) is 0.545. The van der Waals surface area contributed by atoms with Crippen LogP contribution in [0.1, 0.15) is 24.2 Å². The first-order valence-corrected chi connectivity index (χ1v) is 7.53. The van der Waals surface area contributed by atoms with E-state index in [1.807, 2.05) is 0 Å². The van der Waals surface area contributed by atoms with Crippen molar-refractivity contribution in [3.05, 3.63) is 29.6 Å². The van der Waals surface area contributed by atoms with E-state index >= 15 is 0 Å². The van der Waals surface area contributed by atoms with Crippen molar-refractivity contribution in [1.82, 2.24) is 4.98 Å². The van der Waals surface area contributed by atoms with Gasteiger partial charge in [-0.3, -0.25) is 4.98 Å². The maximum absolute atomic E-state index is 4.54. The van der Waals surface area contributed by atoms with Gasteiger partial charge >= 0.3 is 0 Å². The Balaban J connectivity index is 2.71. The molecule has 0 saturated carbocycles. The van der Waals surface area contributed by atoms with Gasteiger partial charge in [-0.25, -0.2) is 0 Å². The van der Waals surface area contributed by atoms with Gasteiger partial charge in [0, 0.05) is 20.2 Å². The topological polar surface area (TPSA) is 12.9 Å². The van der Waals surface area contributed by atoms with Gasteiger partial charge in [-0.15, -0.1) is 0 Å². The van der Waals surface area contributed by atoms with Crippen LogP contribution in [0.3, 0.4) is 0 Å². The lowest BCUT2D eigenvalue weighted by Gasteiger charge is -2.12. The molecule has 1 atom stereocenters. The van der Waals surface area contributed by atoms with Crippen LogP contribution >= 0.6 is 0 Å². The van der Waals surface area contributed by atoms with E-state index in [9.17, 15) is 0 Å². The third kappa shape index (κ3) is 3.31. The molecule has 0 bridgehead atoms. The van der Waals surface area contributed by atoms with Crippen molar-refractivity contribution in [2.75, 3.05) is 0 Å². The van der Waals surface area contributed by atoms with Gasteiger partial charge in [-0.2, -0.15) is 0 Å². The monoisotopic (exact) mass is 192 g/mol. The minimum Gasteiger partial charge on any atom is -0.258 e. The predicted molar refractivity (Wildman–Crippen MR) is 59.7 cm³/mol. The lowest BCUT2D eigenvalue weighted by atomic mass is 10.1. The van der Waals surface area contributed by atoms with Gasteiger partial charge in [-0.05, 0) is 25.0 Å². The molecule has 0 aliphatic carbocycles. The Bertz CT molecular complexity index is 271. The third-order valence-corrected chi connectivity index (χ3v) is 3.56. The van der Waals surface area contributed by atoms with Gasteiger partial charge in [0.15, 0.2) is 0 Å². The Morgan fingerprint density at radius 1 is 1.38 bits per heavy atom. The van der Waals surface area contributed by atoms with Crippen molar-refractivity contribution in [1.29, 1.82) is 0 Å². The normalized spacial score (nSPS) is 13.3. The molecular weight excluding hydrogens is 174 g/mol. The van der Waals surface area contributed by atoms with E-state index in [0.29, 0.717) is 5.92 Å². The van der Waals surface area contributed by atoms with Crippen LogP contribution in [0.15, 0.2) is 18.2 Å². The molecule has 1 aromatic heterocycles. The highest BCUT2D eigenvalue weighted by Crippen LogP contribution is 2.19. The molecule has 0 aliphatic rings. The van der Waals surface area contributed by atoms with E-state index in [0.717, 1.165) is 5.69 Å². The largest absolute Gasteiger partial charge is 0.258 e. The zero-order valence-corrected chi connectivity index (χ0v) is 9.96. The van der Waals surface area contributed by atoms with Gasteiger partial charge < -0.3 is 0 Å². The molecule has 0 aliphatic heterocycles. The zero-order chi connectivity index (χ0) is 9.84. The van der Waals surface area contributed by atoms with E-state index in [1.54, 1.807) is 0 Å². The quantitative estimate of drug-likeness (QED) is 0.670. The highest BCUT2D eigenvalue weighted by atomic mass is 28.3. The van der Waals surface area contributed by atoms with Gasteiger partial charge in [0.05, 0.1) is 0 Å². The standard InChI is InChI=1S/C11H18NSi/c1-9(8-13(3)4)11-7-5-6-10(2)12-11/h5-7,9H,8H2,1-4H3. The molecule has 0 aromatic carbocycles. The van der Waals surface area contributed by atoms with E-state index in [1.165, 1.54) is 11.7 Å². The van der Waals surface area contributed by atoms with Gasteiger partial charge in [0.2, 0.25) is 0 Å². The Morgan fingerprint density at radius 2 is 2.08 bits per heavy atom. The first-order chi connectivity index (χ1) is 6.09. The molecule has 1 nitrogen and oxygen atoms in total. The van der Waals surface area contributed by atoms with E-state index in [4.69, 9.17) is 0 Å². The average Bonchev–Trinajstić information content (AvgIpc) is 2.03. The van der Waals surface area contributed by atoms with Crippen LogP contribution in [0.4, 0.5) is 0 Å². The fourth-order valence-electron chi connectivity index (χ4n) is 1.56. The van der Waals surface area contributed by atoms with Crippen LogP contribution in [-0.2, 0) is 0 Å². The molecule has 0 fully saturated rings. The summed E-state index contributed by atoms with van der Waals surface area (Å²) in [6, 6.07) is 7.62. The van der Waals surface area contributed by atoms with E-state index in [2.05, 4.69) is 50.1 Å². The molecule has 0 amide bonds. The summed E-state index contributed by atoms with van der Waals surface area (Å²) in [7, 11) is -0.134. The Kier molecular flexibility index (Phi) is 3.67. The van der Waals surface area contributed by atoms with Gasteiger partial charge in [-0.1, -0.05) is 32.1 Å². The second-order valence-corrected chi connectivity index (χ2v) is 6.84. The first-order valence-electron chi connectivity index (χ1n) is 4.82. The molecule has 1 rings (SSSR count). The van der Waals surface area contributed by atoms with Crippen LogP contribution < -0.4 is 0 Å². The van der Waals surface area contributed by atoms with Gasteiger partial charge in [0.1, 0.15) is 0 Å². The van der Waals surface area contributed by atoms with Crippen molar-refractivity contribution < 1.29 is 0 Å². The Labute approximate surface area is 82.8 Å². The molecule has 0 saturated heterocycles. The van der Waals surface area contributed by atoms with Crippen molar-refractivity contribution >= 4 is 8.80 Å². The molecule has 71 valence electrons. The van der Waals surface area contributed by atoms with Crippen LogP contribution in [-0.4, -0.2) is 13.8 Å². The molecule has 0 N–H and O–H groups in total. The molecular formula is C11H18NSi. The zero-order valence-electron chi connectivity index (χ0n) is 8.96. The summed E-state index contributed by atoms with van der Waals surface area (Å²) in [4.78, 5) is 4.54. The van der Waals surface area contributed by atoms with Crippen molar-refractivity contribution in [3.8, 4) is 0 Å². The third-order valence-electron chi connectivity index (χ3n) is 2.13. The smallest absolute Gasteiger partial charge is 0.0432 e. The molecule has 0 spiro atoms. The Morgan fingerprint density at radius 3 is 2.62 bits per heavy atom. The summed E-state index contributed by atoms with van der Waals surface area (Å²) in [5.74, 6) is 0.629. The minimum absolute atomic E-state index is 0.134. The maximum atomic E-state index is 4.54. The highest BCUT2D eigenvalue weighted by molar-refractivity contribution is 6.55. The number of aromatic nitrogens is 1. The lowest BCUT2D eigenvalue weighted by molar-refractivity contribution is 0.805. The van der Waals surface area contributed by atoms with Crippen LogP contribution in [0.2, 0.25) is 19.1 Å². The fourth-order valence-corrected chi connectivity index (χ4v) is 2.99. The van der Waals surface area contributed by atoms with Crippen LogP contribution in [0, 0.1) is 6.92 Å². The number of hydrogen-bond acceptors (Lipinski definition) is 1. The summed E-state index contributed by atoms with van der Waals surface area (Å²) >= 11 is 0. The summed E-state index contributed by atoms with van der Waals surface area (Å²) in [5, 5.41) is 0. The lowest BCUT2D eigenvalue weighted by Crippen LogP contribution is -2.07. The van der Waals surface area contributed by atoms with Crippen molar-refractivity contribution in [2.45, 2.75) is 38.9 Å². The SMILES string of the molecule is Cc1cccc(C(C)C[Si](C)C)n1. The molecule has 1 aromatic rings. The maximum Gasteiger partial charge on any atom is 0.0432 e. The summed E-state index contributed by atoms with van der Waals surface area (Å²) < 4.78 is 0. The highest BCUT2D eigenvalue weighted by Gasteiger charge is 2.09. The van der Waals surface area contributed by atoms with E-state index < -0.39 is 0 Å². The first kappa shape index (κ1) is 10.4. The van der Waals surface area contributed by atoms with E-state index in [-0.39, 0.29) is 8.80 Å². The Hall–Kier alpha value is -0.633. The molecule has 2 heteroatoms. The molecule has 1 unspecified atom stereocenters. The second kappa shape index (κ2) is 4.56. The number of hydrogen-bond donors (Lipinski definition) is 0. The number of pyridine rings is 1. The predicted octanol–water partition coefficient (Wildman–Crippen LogP) is 3.25. The minimum atomic E-state index is -0.134. The second-order valence-electron chi connectivity index (χ2n) is 4.02. The van der Waals surface area contributed by atoms with Gasteiger partial charge in [0.25, 0.3) is 0 Å². The van der Waals surface area contributed by atoms with Crippen molar-refractivity contribution in [2.24, 2.45) is 0 Å². The summed E-state index contributed by atoms with van der Waals surface area (Å²) in [5.41, 5.74) is 2.39. The molecule has 13 heavy (non-hydrogen) atoms. The average molecular weight is 192 g/mol. The molecule has 1 heterocycles. The number of aryl methyl sites for hydroxylation is 1. The number of rotatable bonds is 3. The van der Waals surface area contributed by atoms with Crippen LogP contribution in [0.5, 0.6) is 0 Å². The van der Waals surface area contributed by atoms with Crippen LogP contribution in [0.25, 0.3) is 0 Å². The van der Waals surface area contributed by atoms with Crippen molar-refractivity contribution in [3.63, 3.8) is 0 Å². The molecule has 1 radical (unpaired) electrons. The number of nitrogens with zero attached hydrogens (tertiary/aromatic N) is 1. The summed E-state index contributed by atoms with van der Waals surface area (Å²) in [6.45, 7) is 9.05.